The van der Waals surface area contributed by atoms with Crippen LogP contribution in [0.2, 0.25) is 0 Å². The highest BCUT2D eigenvalue weighted by molar-refractivity contribution is 7.89. The molecule has 0 amide bonds. The topological polar surface area (TPSA) is 59.4 Å². The van der Waals surface area contributed by atoms with Crippen LogP contribution in [0.1, 0.15) is 31.9 Å². The minimum absolute atomic E-state index is 0.0646. The van der Waals surface area contributed by atoms with Gasteiger partial charge in [-0.2, -0.15) is 0 Å². The molecule has 0 aliphatic heterocycles. The average molecular weight is 348 g/mol. The maximum atomic E-state index is 12.2. The number of rotatable bonds is 4. The summed E-state index contributed by atoms with van der Waals surface area (Å²) in [7, 11) is -0.624. The van der Waals surface area contributed by atoms with Gasteiger partial charge in [0.15, 0.2) is 0 Å². The second-order valence-corrected chi connectivity index (χ2v) is 9.22. The smallest absolute Gasteiger partial charge is 0.250 e. The third-order valence-electron chi connectivity index (χ3n) is 3.91. The monoisotopic (exact) mass is 348 g/mol. The molecule has 0 saturated carbocycles. The molecule has 6 heteroatoms. The van der Waals surface area contributed by atoms with E-state index in [9.17, 15) is 13.2 Å². The van der Waals surface area contributed by atoms with Gasteiger partial charge >= 0.3 is 0 Å². The standard InChI is InChI=1S/C18H24N2O3S/c1-18(2,3)15-8-6-14(7-9-15)12-20-13-16(10-11-17(20)21)24(22,23)19(4)5/h6-11,13H,12H2,1-5H3. The summed E-state index contributed by atoms with van der Waals surface area (Å²) >= 11 is 0. The minimum Gasteiger partial charge on any atom is -0.310 e. The lowest BCUT2D eigenvalue weighted by Crippen LogP contribution is -2.26. The predicted octanol–water partition coefficient (Wildman–Crippen LogP) is 2.44. The number of hydrogen-bond donors (Lipinski definition) is 0. The van der Waals surface area contributed by atoms with Crippen molar-refractivity contribution in [1.29, 1.82) is 0 Å². The van der Waals surface area contributed by atoms with Gasteiger partial charge in [-0.25, -0.2) is 12.7 Å². The van der Waals surface area contributed by atoms with Crippen molar-refractivity contribution in [2.24, 2.45) is 0 Å². The van der Waals surface area contributed by atoms with Crippen molar-refractivity contribution in [2.75, 3.05) is 14.1 Å². The summed E-state index contributed by atoms with van der Waals surface area (Å²) in [6.45, 7) is 6.76. The Balaban J connectivity index is 2.35. The summed E-state index contributed by atoms with van der Waals surface area (Å²) in [4.78, 5) is 12.2. The Hall–Kier alpha value is -1.92. The minimum atomic E-state index is -3.56. The van der Waals surface area contributed by atoms with Crippen molar-refractivity contribution in [3.8, 4) is 0 Å². The summed E-state index contributed by atoms with van der Waals surface area (Å²) in [6.07, 6.45) is 1.40. The number of benzene rings is 1. The molecule has 0 saturated heterocycles. The Morgan fingerprint density at radius 3 is 2.08 bits per heavy atom. The molecule has 0 aliphatic carbocycles. The van der Waals surface area contributed by atoms with Crippen LogP contribution < -0.4 is 5.56 Å². The number of pyridine rings is 1. The van der Waals surface area contributed by atoms with Crippen molar-refractivity contribution in [3.63, 3.8) is 0 Å². The Bertz CT molecular complexity index is 874. The quantitative estimate of drug-likeness (QED) is 0.853. The lowest BCUT2D eigenvalue weighted by molar-refractivity contribution is 0.519. The summed E-state index contributed by atoms with van der Waals surface area (Å²) in [6, 6.07) is 10.7. The summed E-state index contributed by atoms with van der Waals surface area (Å²) in [5, 5.41) is 0. The molecule has 1 aromatic heterocycles. The van der Waals surface area contributed by atoms with E-state index in [1.807, 2.05) is 24.3 Å². The van der Waals surface area contributed by atoms with Gasteiger partial charge in [-0.15, -0.1) is 0 Å². The molecule has 1 heterocycles. The van der Waals surface area contributed by atoms with Crippen LogP contribution in [-0.4, -0.2) is 31.4 Å². The van der Waals surface area contributed by atoms with E-state index in [1.165, 1.54) is 42.6 Å². The van der Waals surface area contributed by atoms with Crippen molar-refractivity contribution in [1.82, 2.24) is 8.87 Å². The molecule has 0 atom stereocenters. The van der Waals surface area contributed by atoms with Crippen LogP contribution in [0, 0.1) is 0 Å². The molecule has 5 nitrogen and oxygen atoms in total. The second kappa shape index (κ2) is 6.53. The summed E-state index contributed by atoms with van der Waals surface area (Å²) in [5.74, 6) is 0. The second-order valence-electron chi connectivity index (χ2n) is 7.07. The van der Waals surface area contributed by atoms with E-state index in [1.54, 1.807) is 0 Å². The molecule has 0 spiro atoms. The van der Waals surface area contributed by atoms with Gasteiger partial charge in [-0.05, 0) is 22.6 Å². The zero-order valence-electron chi connectivity index (χ0n) is 14.8. The van der Waals surface area contributed by atoms with Gasteiger partial charge in [0.2, 0.25) is 10.0 Å². The molecule has 0 bridgehead atoms. The molecule has 1 aromatic carbocycles. The predicted molar refractivity (Wildman–Crippen MR) is 95.8 cm³/mol. The largest absolute Gasteiger partial charge is 0.310 e. The maximum Gasteiger partial charge on any atom is 0.250 e. The molecule has 0 fully saturated rings. The molecule has 130 valence electrons. The van der Waals surface area contributed by atoms with E-state index < -0.39 is 10.0 Å². The van der Waals surface area contributed by atoms with Gasteiger partial charge < -0.3 is 4.57 Å². The van der Waals surface area contributed by atoms with E-state index in [-0.39, 0.29) is 15.9 Å². The van der Waals surface area contributed by atoms with Crippen LogP contribution in [0.3, 0.4) is 0 Å². The van der Waals surface area contributed by atoms with Crippen LogP contribution in [0.5, 0.6) is 0 Å². The highest BCUT2D eigenvalue weighted by atomic mass is 32.2. The van der Waals surface area contributed by atoms with Crippen molar-refractivity contribution in [3.05, 3.63) is 64.1 Å². The highest BCUT2D eigenvalue weighted by Crippen LogP contribution is 2.22. The Morgan fingerprint density at radius 2 is 1.58 bits per heavy atom. The first kappa shape index (κ1) is 18.4. The van der Waals surface area contributed by atoms with Gasteiger partial charge in [-0.3, -0.25) is 4.79 Å². The fourth-order valence-corrected chi connectivity index (χ4v) is 3.23. The molecule has 0 unspecified atom stereocenters. The lowest BCUT2D eigenvalue weighted by atomic mass is 9.87. The van der Waals surface area contributed by atoms with Crippen molar-refractivity contribution < 1.29 is 8.42 Å². The van der Waals surface area contributed by atoms with E-state index in [2.05, 4.69) is 20.8 Å². The summed E-state index contributed by atoms with van der Waals surface area (Å²) < 4.78 is 27.0. The molecular weight excluding hydrogens is 324 g/mol. The Morgan fingerprint density at radius 1 is 1.00 bits per heavy atom. The number of nitrogens with zero attached hydrogens (tertiary/aromatic N) is 2. The zero-order chi connectivity index (χ0) is 18.1. The fourth-order valence-electron chi connectivity index (χ4n) is 2.30. The number of sulfonamides is 1. The molecule has 0 radical (unpaired) electrons. The van der Waals surface area contributed by atoms with E-state index in [4.69, 9.17) is 0 Å². The first-order valence-corrected chi connectivity index (χ1v) is 9.18. The first-order valence-electron chi connectivity index (χ1n) is 7.74. The van der Waals surface area contributed by atoms with Crippen molar-refractivity contribution >= 4 is 10.0 Å². The molecule has 0 aliphatic rings. The zero-order valence-corrected chi connectivity index (χ0v) is 15.6. The molecule has 2 rings (SSSR count). The normalized spacial score (nSPS) is 12.6. The first-order chi connectivity index (χ1) is 11.0. The van der Waals surface area contributed by atoms with Crippen LogP contribution in [0.15, 0.2) is 52.3 Å². The Labute approximate surface area is 143 Å². The third-order valence-corrected chi connectivity index (χ3v) is 5.71. The fraction of sp³-hybridized carbons (Fsp3) is 0.389. The molecule has 0 N–H and O–H groups in total. The molecule has 2 aromatic rings. The van der Waals surface area contributed by atoms with Crippen molar-refractivity contribution in [2.45, 2.75) is 37.6 Å². The van der Waals surface area contributed by atoms with E-state index >= 15 is 0 Å². The SMILES string of the molecule is CN(C)S(=O)(=O)c1ccc(=O)n(Cc2ccc(C(C)(C)C)cc2)c1. The van der Waals surface area contributed by atoms with Gasteiger partial charge in [0.25, 0.3) is 5.56 Å². The molecule has 24 heavy (non-hydrogen) atoms. The number of hydrogen-bond acceptors (Lipinski definition) is 3. The lowest BCUT2D eigenvalue weighted by Gasteiger charge is -2.19. The van der Waals surface area contributed by atoms with Crippen LogP contribution in [0.25, 0.3) is 0 Å². The van der Waals surface area contributed by atoms with Crippen LogP contribution in [-0.2, 0) is 22.0 Å². The highest BCUT2D eigenvalue weighted by Gasteiger charge is 2.18. The number of aromatic nitrogens is 1. The van der Waals surface area contributed by atoms with Gasteiger partial charge in [0.1, 0.15) is 0 Å². The third kappa shape index (κ3) is 3.94. The van der Waals surface area contributed by atoms with E-state index in [0.29, 0.717) is 6.54 Å². The molecular formula is C18H24N2O3S. The summed E-state index contributed by atoms with van der Waals surface area (Å²) in [5.41, 5.74) is 1.99. The average Bonchev–Trinajstić information content (AvgIpc) is 2.48. The van der Waals surface area contributed by atoms with E-state index in [0.717, 1.165) is 9.87 Å². The van der Waals surface area contributed by atoms with Gasteiger partial charge in [0.05, 0.1) is 11.4 Å². The van der Waals surface area contributed by atoms with Gasteiger partial charge in [-0.1, -0.05) is 45.0 Å². The van der Waals surface area contributed by atoms with Crippen LogP contribution in [0.4, 0.5) is 0 Å². The van der Waals surface area contributed by atoms with Crippen LogP contribution >= 0.6 is 0 Å². The maximum absolute atomic E-state index is 12.2. The van der Waals surface area contributed by atoms with Gasteiger partial charge in [0, 0.05) is 26.4 Å². The Kier molecular flexibility index (Phi) is 5.01.